The van der Waals surface area contributed by atoms with E-state index in [1.54, 1.807) is 25.2 Å². The minimum Gasteiger partial charge on any atom is -0.397 e. The maximum absolute atomic E-state index is 11.6. The smallest absolute Gasteiger partial charge is 0.166 e. The minimum atomic E-state index is 0.0133. The van der Waals surface area contributed by atoms with Crippen molar-refractivity contribution >= 4 is 23.1 Å². The molecule has 0 atom stereocenters. The third-order valence-corrected chi connectivity index (χ3v) is 2.28. The molecule has 1 aromatic rings. The molecule has 0 bridgehead atoms. The lowest BCUT2D eigenvalue weighted by molar-refractivity contribution is 0.0984. The topological polar surface area (TPSA) is 55.1 Å². The van der Waals surface area contributed by atoms with Crippen molar-refractivity contribution in [2.45, 2.75) is 6.42 Å². The van der Waals surface area contributed by atoms with Crippen LogP contribution in [-0.2, 0) is 0 Å². The van der Waals surface area contributed by atoms with Gasteiger partial charge in [-0.15, -0.1) is 0 Å². The fourth-order valence-corrected chi connectivity index (χ4v) is 1.33. The standard InChI is InChI=1S/C10H13ClN2O/c1-13-6-5-9(14)7-3-2-4-8(11)10(7)12/h2-4,13H,5-6,12H2,1H3. The van der Waals surface area contributed by atoms with Gasteiger partial charge in [-0.2, -0.15) is 0 Å². The number of carbonyl (C=O) groups is 1. The number of nitrogens with one attached hydrogen (secondary N) is 1. The van der Waals surface area contributed by atoms with E-state index < -0.39 is 0 Å². The molecular weight excluding hydrogens is 200 g/mol. The summed E-state index contributed by atoms with van der Waals surface area (Å²) >= 11 is 5.80. The molecule has 0 unspecified atom stereocenters. The largest absolute Gasteiger partial charge is 0.397 e. The summed E-state index contributed by atoms with van der Waals surface area (Å²) in [5.74, 6) is 0.0133. The highest BCUT2D eigenvalue weighted by Crippen LogP contribution is 2.23. The van der Waals surface area contributed by atoms with E-state index in [9.17, 15) is 4.79 Å². The van der Waals surface area contributed by atoms with Crippen molar-refractivity contribution in [1.29, 1.82) is 0 Å². The van der Waals surface area contributed by atoms with Crippen molar-refractivity contribution in [1.82, 2.24) is 5.32 Å². The molecule has 0 heterocycles. The molecule has 3 nitrogen and oxygen atoms in total. The normalized spacial score (nSPS) is 10.1. The van der Waals surface area contributed by atoms with E-state index in [-0.39, 0.29) is 5.78 Å². The summed E-state index contributed by atoms with van der Waals surface area (Å²) in [6, 6.07) is 5.09. The number of hydrogen-bond acceptors (Lipinski definition) is 3. The third kappa shape index (κ3) is 2.47. The van der Waals surface area contributed by atoms with Crippen molar-refractivity contribution in [2.75, 3.05) is 19.3 Å². The van der Waals surface area contributed by atoms with Crippen LogP contribution in [0, 0.1) is 0 Å². The van der Waals surface area contributed by atoms with E-state index in [0.717, 1.165) is 0 Å². The number of carbonyl (C=O) groups excluding carboxylic acids is 1. The SMILES string of the molecule is CNCCC(=O)c1cccc(Cl)c1N. The number of para-hydroxylation sites is 1. The average Bonchev–Trinajstić information content (AvgIpc) is 2.18. The summed E-state index contributed by atoms with van der Waals surface area (Å²) in [7, 11) is 1.80. The van der Waals surface area contributed by atoms with Crippen LogP contribution in [0.15, 0.2) is 18.2 Å². The first kappa shape index (κ1) is 11.0. The van der Waals surface area contributed by atoms with Crippen LogP contribution in [0.5, 0.6) is 0 Å². The van der Waals surface area contributed by atoms with Crippen molar-refractivity contribution in [3.05, 3.63) is 28.8 Å². The molecule has 4 heteroatoms. The Morgan fingerprint density at radius 2 is 2.29 bits per heavy atom. The van der Waals surface area contributed by atoms with Gasteiger partial charge < -0.3 is 11.1 Å². The number of halogens is 1. The first-order valence-corrected chi connectivity index (χ1v) is 4.76. The molecule has 14 heavy (non-hydrogen) atoms. The predicted octanol–water partition coefficient (Wildman–Crippen LogP) is 1.71. The van der Waals surface area contributed by atoms with Gasteiger partial charge in [0.15, 0.2) is 5.78 Å². The zero-order chi connectivity index (χ0) is 10.6. The number of benzene rings is 1. The van der Waals surface area contributed by atoms with Gasteiger partial charge in [-0.25, -0.2) is 0 Å². The molecule has 0 aliphatic heterocycles. The minimum absolute atomic E-state index is 0.0133. The Morgan fingerprint density at radius 1 is 1.57 bits per heavy atom. The zero-order valence-corrected chi connectivity index (χ0v) is 8.77. The maximum atomic E-state index is 11.6. The lowest BCUT2D eigenvalue weighted by atomic mass is 10.1. The number of nitrogens with two attached hydrogens (primary N) is 1. The molecule has 0 spiro atoms. The number of rotatable bonds is 4. The Hall–Kier alpha value is -1.06. The van der Waals surface area contributed by atoms with E-state index >= 15 is 0 Å². The summed E-state index contributed by atoms with van der Waals surface area (Å²) in [6.45, 7) is 0.644. The van der Waals surface area contributed by atoms with Crippen molar-refractivity contribution in [2.24, 2.45) is 0 Å². The first-order valence-electron chi connectivity index (χ1n) is 4.38. The lowest BCUT2D eigenvalue weighted by Gasteiger charge is -2.05. The molecule has 0 aliphatic rings. The number of hydrogen-bond donors (Lipinski definition) is 2. The van der Waals surface area contributed by atoms with E-state index in [4.69, 9.17) is 17.3 Å². The average molecular weight is 213 g/mol. The number of Topliss-reactive ketones (excluding diaryl/α,β-unsaturated/α-hetero) is 1. The molecule has 0 amide bonds. The fraction of sp³-hybridized carbons (Fsp3) is 0.300. The molecule has 0 radical (unpaired) electrons. The quantitative estimate of drug-likeness (QED) is 0.590. The molecule has 3 N–H and O–H groups in total. The second-order valence-electron chi connectivity index (χ2n) is 2.98. The van der Waals surface area contributed by atoms with E-state index in [2.05, 4.69) is 5.32 Å². The highest BCUT2D eigenvalue weighted by molar-refractivity contribution is 6.34. The van der Waals surface area contributed by atoms with Crippen LogP contribution < -0.4 is 11.1 Å². The maximum Gasteiger partial charge on any atom is 0.166 e. The van der Waals surface area contributed by atoms with E-state index in [0.29, 0.717) is 29.2 Å². The molecule has 0 aromatic heterocycles. The van der Waals surface area contributed by atoms with Crippen LogP contribution in [0.1, 0.15) is 16.8 Å². The molecule has 0 aliphatic carbocycles. The van der Waals surface area contributed by atoms with Crippen LogP contribution >= 0.6 is 11.6 Å². The number of nitrogen functional groups attached to an aromatic ring is 1. The van der Waals surface area contributed by atoms with Gasteiger partial charge in [-0.05, 0) is 19.2 Å². The molecule has 1 aromatic carbocycles. The second-order valence-corrected chi connectivity index (χ2v) is 3.39. The number of ketones is 1. The fourth-order valence-electron chi connectivity index (χ4n) is 1.15. The van der Waals surface area contributed by atoms with Crippen molar-refractivity contribution < 1.29 is 4.79 Å². The van der Waals surface area contributed by atoms with Gasteiger partial charge in [0, 0.05) is 18.5 Å². The Morgan fingerprint density at radius 3 is 2.93 bits per heavy atom. The highest BCUT2D eigenvalue weighted by atomic mass is 35.5. The van der Waals surface area contributed by atoms with Gasteiger partial charge in [-0.1, -0.05) is 17.7 Å². The molecule has 76 valence electrons. The lowest BCUT2D eigenvalue weighted by Crippen LogP contribution is -2.14. The highest BCUT2D eigenvalue weighted by Gasteiger charge is 2.10. The van der Waals surface area contributed by atoms with Gasteiger partial charge in [0.2, 0.25) is 0 Å². The van der Waals surface area contributed by atoms with Gasteiger partial charge in [0.25, 0.3) is 0 Å². The van der Waals surface area contributed by atoms with Gasteiger partial charge in [0.05, 0.1) is 10.7 Å². The second kappa shape index (κ2) is 4.98. The van der Waals surface area contributed by atoms with E-state index in [1.165, 1.54) is 0 Å². The predicted molar refractivity (Wildman–Crippen MR) is 58.7 cm³/mol. The van der Waals surface area contributed by atoms with Gasteiger partial charge in [0.1, 0.15) is 0 Å². The van der Waals surface area contributed by atoms with Gasteiger partial charge in [-0.3, -0.25) is 4.79 Å². The monoisotopic (exact) mass is 212 g/mol. The summed E-state index contributed by atoms with van der Waals surface area (Å²) in [5, 5.41) is 3.34. The van der Waals surface area contributed by atoms with Crippen molar-refractivity contribution in [3.8, 4) is 0 Å². The van der Waals surface area contributed by atoms with Crippen LogP contribution in [0.4, 0.5) is 5.69 Å². The Bertz CT molecular complexity index is 339. The summed E-state index contributed by atoms with van der Waals surface area (Å²) in [4.78, 5) is 11.6. The number of anilines is 1. The van der Waals surface area contributed by atoms with Crippen molar-refractivity contribution in [3.63, 3.8) is 0 Å². The summed E-state index contributed by atoms with van der Waals surface area (Å²) in [6.07, 6.45) is 0.432. The van der Waals surface area contributed by atoms with Crippen LogP contribution in [0.2, 0.25) is 5.02 Å². The Balaban J connectivity index is 2.84. The molecule has 0 saturated carbocycles. The molecule has 0 fully saturated rings. The van der Waals surface area contributed by atoms with E-state index in [1.807, 2.05) is 0 Å². The summed E-state index contributed by atoms with van der Waals surface area (Å²) < 4.78 is 0. The Kier molecular flexibility index (Phi) is 3.92. The molecular formula is C10H13ClN2O. The third-order valence-electron chi connectivity index (χ3n) is 1.96. The first-order chi connectivity index (χ1) is 6.66. The van der Waals surface area contributed by atoms with Crippen LogP contribution in [0.3, 0.4) is 0 Å². The Labute approximate surface area is 88.2 Å². The van der Waals surface area contributed by atoms with Crippen LogP contribution in [-0.4, -0.2) is 19.4 Å². The molecule has 1 rings (SSSR count). The summed E-state index contributed by atoms with van der Waals surface area (Å²) in [5.41, 5.74) is 6.56. The molecule has 0 saturated heterocycles. The van der Waals surface area contributed by atoms with Gasteiger partial charge >= 0.3 is 0 Å². The van der Waals surface area contributed by atoms with Crippen LogP contribution in [0.25, 0.3) is 0 Å². The zero-order valence-electron chi connectivity index (χ0n) is 8.01.